The van der Waals surface area contributed by atoms with Gasteiger partial charge in [0.25, 0.3) is 0 Å². The number of unbranched alkanes of at least 4 members (excludes halogenated alkanes) is 3. The Morgan fingerprint density at radius 1 is 0.393 bits per heavy atom. The van der Waals surface area contributed by atoms with Crippen molar-refractivity contribution in [3.05, 3.63) is 143 Å². The van der Waals surface area contributed by atoms with E-state index in [1.807, 2.05) is 12.1 Å². The zero-order valence-corrected chi connectivity index (χ0v) is 35.0. The first-order chi connectivity index (χ1) is 29.4. The van der Waals surface area contributed by atoms with Crippen LogP contribution in [0, 0.1) is 58.4 Å². The Bertz CT molecular complexity index is 2460. The van der Waals surface area contributed by atoms with Gasteiger partial charge in [-0.05, 0) is 144 Å². The predicted octanol–water partition coefficient (Wildman–Crippen LogP) is 17.4. The van der Waals surface area contributed by atoms with Crippen LogP contribution in [0.2, 0.25) is 0 Å². The van der Waals surface area contributed by atoms with Gasteiger partial charge in [0.15, 0.2) is 34.9 Å². The third-order valence-corrected chi connectivity index (χ3v) is 13.4. The minimum atomic E-state index is -1.49. The quantitative estimate of drug-likeness (QED) is 0.0692. The van der Waals surface area contributed by atoms with Gasteiger partial charge in [-0.2, -0.15) is 0 Å². The standard InChI is InChI=1S/C27H28F4.C26H26F4/c1-2-3-4-5-17-6-8-18(9-7-17)19-10-12-22(24(28)15-19)20-11-13-23-21(14-20)16-25(29)27(31)26(23)30;1-2-3-4-16-5-7-17(8-6-16)18-9-11-21(23(27)14-18)19-10-12-22-20(13-19)15-24(28)26(30)25(22)29/h10-18H,2-9H2,1H3;9-17H,2-8H2,1H3. The largest absolute Gasteiger partial charge is 0.206 e. The molecule has 0 N–H and O–H groups in total. The van der Waals surface area contributed by atoms with Gasteiger partial charge in [-0.15, -0.1) is 0 Å². The summed E-state index contributed by atoms with van der Waals surface area (Å²) in [6.07, 6.45) is 18.2. The van der Waals surface area contributed by atoms with Crippen molar-refractivity contribution in [2.75, 3.05) is 0 Å². The molecule has 0 aliphatic heterocycles. The van der Waals surface area contributed by atoms with Crippen LogP contribution < -0.4 is 0 Å². The highest BCUT2D eigenvalue weighted by Gasteiger charge is 2.25. The topological polar surface area (TPSA) is 0 Å². The lowest BCUT2D eigenvalue weighted by Gasteiger charge is -2.29. The van der Waals surface area contributed by atoms with Gasteiger partial charge in [-0.1, -0.05) is 107 Å². The Morgan fingerprint density at radius 2 is 0.803 bits per heavy atom. The second kappa shape index (κ2) is 20.0. The normalized spacial score (nSPS) is 19.2. The molecule has 6 aromatic carbocycles. The summed E-state index contributed by atoms with van der Waals surface area (Å²) in [6.45, 7) is 4.44. The van der Waals surface area contributed by atoms with Crippen LogP contribution in [-0.4, -0.2) is 0 Å². The van der Waals surface area contributed by atoms with Gasteiger partial charge in [0, 0.05) is 21.9 Å². The van der Waals surface area contributed by atoms with Crippen LogP contribution in [0.5, 0.6) is 0 Å². The summed E-state index contributed by atoms with van der Waals surface area (Å²) < 4.78 is 112. The zero-order chi connectivity index (χ0) is 43.2. The number of halogens is 8. The van der Waals surface area contributed by atoms with Crippen molar-refractivity contribution in [3.8, 4) is 22.3 Å². The van der Waals surface area contributed by atoms with Crippen molar-refractivity contribution in [1.82, 2.24) is 0 Å². The highest BCUT2D eigenvalue weighted by Crippen LogP contribution is 2.41. The van der Waals surface area contributed by atoms with Crippen LogP contribution in [0.4, 0.5) is 35.1 Å². The van der Waals surface area contributed by atoms with Gasteiger partial charge in [0.05, 0.1) is 0 Å². The lowest BCUT2D eigenvalue weighted by molar-refractivity contribution is 0.302. The fourth-order valence-electron chi connectivity index (χ4n) is 9.73. The molecule has 0 unspecified atom stereocenters. The van der Waals surface area contributed by atoms with Crippen molar-refractivity contribution in [2.24, 2.45) is 11.8 Å². The number of fused-ring (bicyclic) bond motifs is 2. The maximum atomic E-state index is 15.0. The molecular weight excluding hydrogens is 789 g/mol. The van der Waals surface area contributed by atoms with E-state index < -0.39 is 34.9 Å². The molecule has 322 valence electrons. The van der Waals surface area contributed by atoms with Crippen molar-refractivity contribution >= 4 is 21.5 Å². The fraction of sp³-hybridized carbons (Fsp3) is 0.396. The van der Waals surface area contributed by atoms with E-state index in [9.17, 15) is 35.1 Å². The van der Waals surface area contributed by atoms with Gasteiger partial charge in [0.2, 0.25) is 0 Å². The molecule has 0 amide bonds. The lowest BCUT2D eigenvalue weighted by Crippen LogP contribution is -2.13. The van der Waals surface area contributed by atoms with Crippen LogP contribution in [0.15, 0.2) is 84.9 Å². The zero-order valence-electron chi connectivity index (χ0n) is 35.0. The van der Waals surface area contributed by atoms with Crippen LogP contribution in [0.1, 0.15) is 133 Å². The van der Waals surface area contributed by atoms with E-state index in [0.29, 0.717) is 34.1 Å². The maximum Gasteiger partial charge on any atom is 0.195 e. The number of hydrogen-bond acceptors (Lipinski definition) is 0. The van der Waals surface area contributed by atoms with E-state index in [4.69, 9.17) is 0 Å². The number of benzene rings is 6. The highest BCUT2D eigenvalue weighted by atomic mass is 19.2. The average Bonchev–Trinajstić information content (AvgIpc) is 3.27. The van der Waals surface area contributed by atoms with Gasteiger partial charge >= 0.3 is 0 Å². The third-order valence-electron chi connectivity index (χ3n) is 13.4. The average molecular weight is 843 g/mol. The summed E-state index contributed by atoms with van der Waals surface area (Å²) in [5, 5.41) is 0.376. The molecule has 8 heteroatoms. The molecule has 8 rings (SSSR count). The third kappa shape index (κ3) is 10.2. The summed E-state index contributed by atoms with van der Waals surface area (Å²) in [7, 11) is 0. The molecule has 2 fully saturated rings. The summed E-state index contributed by atoms with van der Waals surface area (Å²) in [5.74, 6) is -6.24. The molecule has 0 saturated heterocycles. The molecule has 6 aromatic rings. The smallest absolute Gasteiger partial charge is 0.195 e. The van der Waals surface area contributed by atoms with Crippen molar-refractivity contribution < 1.29 is 35.1 Å². The van der Waals surface area contributed by atoms with E-state index in [0.717, 1.165) is 60.8 Å². The van der Waals surface area contributed by atoms with E-state index in [-0.39, 0.29) is 33.2 Å². The van der Waals surface area contributed by atoms with Gasteiger partial charge in [-0.3, -0.25) is 0 Å². The van der Waals surface area contributed by atoms with Crippen LogP contribution in [0.3, 0.4) is 0 Å². The molecule has 0 bridgehead atoms. The van der Waals surface area contributed by atoms with Gasteiger partial charge in [-0.25, -0.2) is 35.1 Å². The lowest BCUT2D eigenvalue weighted by atomic mass is 9.77. The summed E-state index contributed by atoms with van der Waals surface area (Å²) >= 11 is 0. The molecule has 0 spiro atoms. The first-order valence-corrected chi connectivity index (χ1v) is 22.2. The Kier molecular flexibility index (Phi) is 14.5. The van der Waals surface area contributed by atoms with Crippen LogP contribution in [0.25, 0.3) is 43.8 Å². The molecule has 0 atom stereocenters. The van der Waals surface area contributed by atoms with Gasteiger partial charge in [0.1, 0.15) is 11.6 Å². The van der Waals surface area contributed by atoms with Crippen LogP contribution >= 0.6 is 0 Å². The minimum Gasteiger partial charge on any atom is -0.206 e. The number of rotatable bonds is 11. The second-order valence-corrected chi connectivity index (χ2v) is 17.4. The van der Waals surface area contributed by atoms with Crippen molar-refractivity contribution in [1.29, 1.82) is 0 Å². The molecule has 0 heterocycles. The highest BCUT2D eigenvalue weighted by molar-refractivity contribution is 5.89. The van der Waals surface area contributed by atoms with Gasteiger partial charge < -0.3 is 0 Å². The fourth-order valence-corrected chi connectivity index (χ4v) is 9.73. The molecule has 2 aliphatic carbocycles. The first-order valence-electron chi connectivity index (χ1n) is 22.2. The molecule has 0 aromatic heterocycles. The van der Waals surface area contributed by atoms with Crippen molar-refractivity contribution in [2.45, 2.75) is 122 Å². The first kappa shape index (κ1) is 44.3. The summed E-state index contributed by atoms with van der Waals surface area (Å²) in [5.41, 5.74) is 3.83. The molecule has 2 saturated carbocycles. The predicted molar refractivity (Wildman–Crippen MR) is 231 cm³/mol. The minimum absolute atomic E-state index is 0.0182. The maximum absolute atomic E-state index is 15.0. The molecule has 0 nitrogen and oxygen atoms in total. The Balaban J connectivity index is 0.000000184. The van der Waals surface area contributed by atoms with E-state index >= 15 is 0 Å². The molecular formula is C53H54F8. The molecule has 0 radical (unpaired) electrons. The van der Waals surface area contributed by atoms with E-state index in [1.54, 1.807) is 36.4 Å². The SMILES string of the molecule is CCCCC1CCC(c2ccc(-c3ccc4c(F)c(F)c(F)cc4c3)c(F)c2)CC1.CCCCCC1CCC(c2ccc(-c3ccc4c(F)c(F)c(F)cc4c3)c(F)c2)CC1. The van der Waals surface area contributed by atoms with E-state index in [2.05, 4.69) is 13.8 Å². The Hall–Kier alpha value is -4.72. The monoisotopic (exact) mass is 842 g/mol. The Morgan fingerprint density at radius 3 is 1.20 bits per heavy atom. The van der Waals surface area contributed by atoms with E-state index in [1.165, 1.54) is 94.9 Å². The summed E-state index contributed by atoms with van der Waals surface area (Å²) in [4.78, 5) is 0. The van der Waals surface area contributed by atoms with Crippen molar-refractivity contribution in [3.63, 3.8) is 0 Å². The van der Waals surface area contributed by atoms with Crippen LogP contribution in [-0.2, 0) is 0 Å². The molecule has 61 heavy (non-hydrogen) atoms. The second-order valence-electron chi connectivity index (χ2n) is 17.4. The summed E-state index contributed by atoms with van der Waals surface area (Å²) in [6, 6.07) is 21.3. The number of hydrogen-bond donors (Lipinski definition) is 0. The Labute approximate surface area is 354 Å². The molecule has 2 aliphatic rings.